The second-order valence-electron chi connectivity index (χ2n) is 4.83. The van der Waals surface area contributed by atoms with Gasteiger partial charge in [-0.3, -0.25) is 0 Å². The molecule has 3 N–H and O–H groups in total. The van der Waals surface area contributed by atoms with Crippen LogP contribution >= 0.6 is 11.5 Å². The molecule has 0 saturated carbocycles. The smallest absolute Gasteiger partial charge is 0.249 e. The summed E-state index contributed by atoms with van der Waals surface area (Å²) in [6.45, 7) is 3.73. The van der Waals surface area contributed by atoms with Gasteiger partial charge in [-0.1, -0.05) is 0 Å². The summed E-state index contributed by atoms with van der Waals surface area (Å²) in [5.41, 5.74) is 5.71. The molecule has 1 atom stereocenters. The number of rotatable bonds is 5. The SMILES string of the molecule is Cc1ccc(C(C)Nc2snc(N)c2S(=O)(=O)N(C)C)o1. The zero-order chi connectivity index (χ0) is 15.8. The van der Waals surface area contributed by atoms with Gasteiger partial charge in [-0.2, -0.15) is 4.37 Å². The summed E-state index contributed by atoms with van der Waals surface area (Å²) >= 11 is 1.02. The fourth-order valence-electron chi connectivity index (χ4n) is 1.77. The minimum absolute atomic E-state index is 0.000902. The first-order valence-corrected chi connectivity index (χ1v) is 8.45. The van der Waals surface area contributed by atoms with Crippen molar-refractivity contribution in [3.05, 3.63) is 23.7 Å². The zero-order valence-electron chi connectivity index (χ0n) is 12.2. The van der Waals surface area contributed by atoms with Crippen LogP contribution in [0.1, 0.15) is 24.5 Å². The Morgan fingerprint density at radius 1 is 1.43 bits per heavy atom. The number of hydrogen-bond donors (Lipinski definition) is 2. The Labute approximate surface area is 128 Å². The first kappa shape index (κ1) is 15.8. The molecule has 0 aliphatic carbocycles. The van der Waals surface area contributed by atoms with Gasteiger partial charge in [-0.15, -0.1) is 0 Å². The molecule has 2 aromatic heterocycles. The van der Waals surface area contributed by atoms with Crippen molar-refractivity contribution in [3.63, 3.8) is 0 Å². The largest absolute Gasteiger partial charge is 0.464 e. The third-order valence-corrected chi connectivity index (χ3v) is 5.76. The highest BCUT2D eigenvalue weighted by Gasteiger charge is 2.28. The number of aromatic nitrogens is 1. The number of nitrogens with two attached hydrogens (primary N) is 1. The quantitative estimate of drug-likeness (QED) is 0.870. The van der Waals surface area contributed by atoms with Crippen LogP contribution in [0, 0.1) is 6.92 Å². The lowest BCUT2D eigenvalue weighted by Gasteiger charge is -2.15. The van der Waals surface area contributed by atoms with Gasteiger partial charge in [-0.25, -0.2) is 12.7 Å². The molecule has 2 aromatic rings. The number of sulfonamides is 1. The molecular formula is C12H18N4O3S2. The maximum absolute atomic E-state index is 12.3. The summed E-state index contributed by atoms with van der Waals surface area (Å²) < 4.78 is 35.2. The summed E-state index contributed by atoms with van der Waals surface area (Å²) in [7, 11) is -0.747. The van der Waals surface area contributed by atoms with E-state index in [1.807, 2.05) is 26.0 Å². The number of nitrogens with one attached hydrogen (secondary N) is 1. The molecule has 0 fully saturated rings. The summed E-state index contributed by atoms with van der Waals surface area (Å²) in [4.78, 5) is 0.00706. The van der Waals surface area contributed by atoms with Crippen molar-refractivity contribution in [2.45, 2.75) is 24.8 Å². The van der Waals surface area contributed by atoms with Crippen LogP contribution in [-0.4, -0.2) is 31.2 Å². The number of nitrogens with zero attached hydrogens (tertiary/aromatic N) is 2. The Morgan fingerprint density at radius 3 is 2.62 bits per heavy atom. The first-order valence-electron chi connectivity index (χ1n) is 6.24. The van der Waals surface area contributed by atoms with Gasteiger partial charge in [-0.05, 0) is 37.5 Å². The van der Waals surface area contributed by atoms with E-state index in [4.69, 9.17) is 10.2 Å². The highest BCUT2D eigenvalue weighted by molar-refractivity contribution is 7.89. The van der Waals surface area contributed by atoms with Crippen molar-refractivity contribution in [1.82, 2.24) is 8.68 Å². The zero-order valence-corrected chi connectivity index (χ0v) is 13.9. The first-order chi connectivity index (χ1) is 9.73. The Hall–Kier alpha value is -1.58. The van der Waals surface area contributed by atoms with Crippen molar-refractivity contribution < 1.29 is 12.8 Å². The fraction of sp³-hybridized carbons (Fsp3) is 0.417. The van der Waals surface area contributed by atoms with Gasteiger partial charge < -0.3 is 15.5 Å². The molecule has 0 saturated heterocycles. The predicted molar refractivity (Wildman–Crippen MR) is 82.9 cm³/mol. The van der Waals surface area contributed by atoms with E-state index in [2.05, 4.69) is 9.69 Å². The van der Waals surface area contributed by atoms with Crippen LogP contribution in [-0.2, 0) is 10.0 Å². The van der Waals surface area contributed by atoms with Crippen molar-refractivity contribution in [2.75, 3.05) is 25.1 Å². The third kappa shape index (κ3) is 3.04. The standard InChI is InChI=1S/C12H18N4O3S2/c1-7-5-6-9(19-7)8(2)14-12-10(11(13)15-20-12)21(17,18)16(3)4/h5-6,8,14H,1-4H3,(H2,13,15). The Morgan fingerprint density at radius 2 is 2.10 bits per heavy atom. The molecule has 7 nitrogen and oxygen atoms in total. The molecule has 2 rings (SSSR count). The molecular weight excluding hydrogens is 312 g/mol. The number of furan rings is 1. The molecule has 21 heavy (non-hydrogen) atoms. The number of aryl methyl sites for hydroxylation is 1. The van der Waals surface area contributed by atoms with Gasteiger partial charge in [0.25, 0.3) is 0 Å². The van der Waals surface area contributed by atoms with E-state index >= 15 is 0 Å². The highest BCUT2D eigenvalue weighted by Crippen LogP contribution is 2.35. The van der Waals surface area contributed by atoms with E-state index in [9.17, 15) is 8.42 Å². The Kier molecular flexibility index (Phi) is 4.26. The molecule has 0 radical (unpaired) electrons. The highest BCUT2D eigenvalue weighted by atomic mass is 32.2. The molecule has 0 aliphatic heterocycles. The molecule has 9 heteroatoms. The van der Waals surface area contributed by atoms with Crippen LogP contribution < -0.4 is 11.1 Å². The molecule has 1 unspecified atom stereocenters. The maximum atomic E-state index is 12.3. The Bertz CT molecular complexity index is 734. The number of hydrogen-bond acceptors (Lipinski definition) is 7. The lowest BCUT2D eigenvalue weighted by atomic mass is 10.2. The van der Waals surface area contributed by atoms with E-state index in [0.29, 0.717) is 10.8 Å². The van der Waals surface area contributed by atoms with Gasteiger partial charge in [0, 0.05) is 14.1 Å². The van der Waals surface area contributed by atoms with Crippen LogP contribution in [0.25, 0.3) is 0 Å². The van der Waals surface area contributed by atoms with Crippen LogP contribution in [0.15, 0.2) is 21.4 Å². The lowest BCUT2D eigenvalue weighted by molar-refractivity contribution is 0.466. The minimum atomic E-state index is -3.65. The summed E-state index contributed by atoms with van der Waals surface area (Å²) in [5.74, 6) is 1.51. The van der Waals surface area contributed by atoms with E-state index in [1.165, 1.54) is 14.1 Å². The van der Waals surface area contributed by atoms with E-state index in [-0.39, 0.29) is 16.8 Å². The maximum Gasteiger partial charge on any atom is 0.249 e. The second kappa shape index (κ2) is 5.66. The molecule has 0 aliphatic rings. The third-order valence-electron chi connectivity index (χ3n) is 2.95. The van der Waals surface area contributed by atoms with Gasteiger partial charge in [0.1, 0.15) is 16.5 Å². The van der Waals surface area contributed by atoms with Crippen molar-refractivity contribution in [3.8, 4) is 0 Å². The molecule has 0 bridgehead atoms. The van der Waals surface area contributed by atoms with E-state index in [0.717, 1.165) is 21.6 Å². The van der Waals surface area contributed by atoms with Crippen molar-refractivity contribution in [1.29, 1.82) is 0 Å². The number of nitrogen functional groups attached to an aromatic ring is 1. The molecule has 0 aromatic carbocycles. The van der Waals surface area contributed by atoms with E-state index < -0.39 is 10.0 Å². The predicted octanol–water partition coefficient (Wildman–Crippen LogP) is 2.05. The summed E-state index contributed by atoms with van der Waals surface area (Å²) in [6.07, 6.45) is 0. The molecule has 0 spiro atoms. The van der Waals surface area contributed by atoms with E-state index in [1.54, 1.807) is 0 Å². The lowest BCUT2D eigenvalue weighted by Crippen LogP contribution is -2.23. The van der Waals surface area contributed by atoms with Crippen LogP contribution in [0.5, 0.6) is 0 Å². The fourth-order valence-corrected chi connectivity index (χ4v) is 3.92. The van der Waals surface area contributed by atoms with Crippen LogP contribution in [0.4, 0.5) is 10.8 Å². The van der Waals surface area contributed by atoms with Crippen LogP contribution in [0.3, 0.4) is 0 Å². The topological polar surface area (TPSA) is 101 Å². The molecule has 116 valence electrons. The van der Waals surface area contributed by atoms with Crippen LogP contribution in [0.2, 0.25) is 0 Å². The monoisotopic (exact) mass is 330 g/mol. The van der Waals surface area contributed by atoms with Gasteiger partial charge in [0.2, 0.25) is 10.0 Å². The average molecular weight is 330 g/mol. The normalized spacial score (nSPS) is 13.6. The minimum Gasteiger partial charge on any atom is -0.464 e. The molecule has 2 heterocycles. The molecule has 0 amide bonds. The summed E-state index contributed by atoms with van der Waals surface area (Å²) in [6, 6.07) is 3.50. The second-order valence-corrected chi connectivity index (χ2v) is 7.69. The number of anilines is 2. The average Bonchev–Trinajstić information content (AvgIpc) is 2.96. The van der Waals surface area contributed by atoms with Gasteiger partial charge in [0.15, 0.2) is 10.7 Å². The van der Waals surface area contributed by atoms with Crippen molar-refractivity contribution in [2.24, 2.45) is 0 Å². The van der Waals surface area contributed by atoms with Gasteiger partial charge in [0.05, 0.1) is 6.04 Å². The Balaban J connectivity index is 2.34. The van der Waals surface area contributed by atoms with Gasteiger partial charge >= 0.3 is 0 Å². The summed E-state index contributed by atoms with van der Waals surface area (Å²) in [5, 5.41) is 3.50. The van der Waals surface area contributed by atoms with Crippen molar-refractivity contribution >= 4 is 32.4 Å².